The van der Waals surface area contributed by atoms with Crippen molar-refractivity contribution < 1.29 is 9.59 Å². The molecule has 1 aromatic rings. The van der Waals surface area contributed by atoms with Gasteiger partial charge in [-0.3, -0.25) is 9.59 Å². The molecule has 2 heterocycles. The highest BCUT2D eigenvalue weighted by Gasteiger charge is 2.24. The van der Waals surface area contributed by atoms with Crippen molar-refractivity contribution in [2.24, 2.45) is 5.92 Å². The Morgan fingerprint density at radius 1 is 1.21 bits per heavy atom. The normalized spacial score (nSPS) is 21.8. The number of piperidine rings is 1. The van der Waals surface area contributed by atoms with E-state index in [4.69, 9.17) is 0 Å². The SMILES string of the molecule is Cc1cc(C(=O)N2CCC(C)CC2)ccc1NC(=O)C1CCCN1. The largest absolute Gasteiger partial charge is 0.339 e. The summed E-state index contributed by atoms with van der Waals surface area (Å²) in [7, 11) is 0. The van der Waals surface area contributed by atoms with E-state index < -0.39 is 0 Å². The number of amides is 2. The molecule has 2 N–H and O–H groups in total. The van der Waals surface area contributed by atoms with Gasteiger partial charge in [-0.1, -0.05) is 6.92 Å². The summed E-state index contributed by atoms with van der Waals surface area (Å²) in [6.45, 7) is 6.75. The van der Waals surface area contributed by atoms with Gasteiger partial charge < -0.3 is 15.5 Å². The first-order chi connectivity index (χ1) is 11.5. The molecule has 0 saturated carbocycles. The number of anilines is 1. The van der Waals surface area contributed by atoms with Crippen molar-refractivity contribution in [2.45, 2.75) is 45.6 Å². The average Bonchev–Trinajstić information content (AvgIpc) is 3.11. The van der Waals surface area contributed by atoms with Crippen LogP contribution in [0.15, 0.2) is 18.2 Å². The zero-order chi connectivity index (χ0) is 17.1. The summed E-state index contributed by atoms with van der Waals surface area (Å²) in [6, 6.07) is 5.46. The van der Waals surface area contributed by atoms with Crippen LogP contribution >= 0.6 is 0 Å². The summed E-state index contributed by atoms with van der Waals surface area (Å²) in [6.07, 6.45) is 4.08. The van der Waals surface area contributed by atoms with Crippen LogP contribution in [0.5, 0.6) is 0 Å². The van der Waals surface area contributed by atoms with Crippen molar-refractivity contribution in [2.75, 3.05) is 25.0 Å². The minimum Gasteiger partial charge on any atom is -0.339 e. The van der Waals surface area contributed by atoms with E-state index in [9.17, 15) is 9.59 Å². The number of nitrogens with zero attached hydrogens (tertiary/aromatic N) is 1. The maximum atomic E-state index is 12.6. The molecule has 1 unspecified atom stereocenters. The van der Waals surface area contributed by atoms with Crippen LogP contribution in [-0.2, 0) is 4.79 Å². The van der Waals surface area contributed by atoms with Gasteiger partial charge in [-0.2, -0.15) is 0 Å². The third-order valence-corrected chi connectivity index (χ3v) is 5.18. The molecule has 0 aliphatic carbocycles. The number of aryl methyl sites for hydroxylation is 1. The molecule has 0 bridgehead atoms. The monoisotopic (exact) mass is 329 g/mol. The Hall–Kier alpha value is -1.88. The van der Waals surface area contributed by atoms with E-state index >= 15 is 0 Å². The predicted octanol–water partition coefficient (Wildman–Crippen LogP) is 2.56. The van der Waals surface area contributed by atoms with Crippen molar-refractivity contribution in [3.8, 4) is 0 Å². The highest BCUT2D eigenvalue weighted by molar-refractivity contribution is 5.98. The van der Waals surface area contributed by atoms with Gasteiger partial charge in [0, 0.05) is 24.3 Å². The van der Waals surface area contributed by atoms with Gasteiger partial charge in [0.15, 0.2) is 0 Å². The van der Waals surface area contributed by atoms with Crippen LogP contribution in [0.2, 0.25) is 0 Å². The second-order valence-electron chi connectivity index (χ2n) is 7.14. The van der Waals surface area contributed by atoms with E-state index in [1.54, 1.807) is 0 Å². The van der Waals surface area contributed by atoms with Crippen molar-refractivity contribution >= 4 is 17.5 Å². The fourth-order valence-electron chi connectivity index (χ4n) is 3.46. The van der Waals surface area contributed by atoms with Crippen LogP contribution in [0.3, 0.4) is 0 Å². The Morgan fingerprint density at radius 2 is 1.96 bits per heavy atom. The van der Waals surface area contributed by atoms with Gasteiger partial charge in [0.2, 0.25) is 5.91 Å². The van der Waals surface area contributed by atoms with Crippen LogP contribution in [0, 0.1) is 12.8 Å². The van der Waals surface area contributed by atoms with Gasteiger partial charge in [-0.25, -0.2) is 0 Å². The second kappa shape index (κ2) is 7.34. The Kier molecular flexibility index (Phi) is 5.19. The molecule has 1 atom stereocenters. The molecule has 2 fully saturated rings. The first kappa shape index (κ1) is 17.0. The van der Waals surface area contributed by atoms with Gasteiger partial charge >= 0.3 is 0 Å². The number of nitrogens with one attached hydrogen (secondary N) is 2. The smallest absolute Gasteiger partial charge is 0.253 e. The lowest BCUT2D eigenvalue weighted by Gasteiger charge is -2.30. The molecule has 2 saturated heterocycles. The maximum absolute atomic E-state index is 12.6. The number of benzene rings is 1. The van der Waals surface area contributed by atoms with Gasteiger partial charge in [-0.15, -0.1) is 0 Å². The Balaban J connectivity index is 1.65. The van der Waals surface area contributed by atoms with Gasteiger partial charge in [-0.05, 0) is 68.8 Å². The number of carbonyl (C=O) groups is 2. The molecule has 3 rings (SSSR count). The van der Waals surface area contributed by atoms with Crippen LogP contribution in [0.4, 0.5) is 5.69 Å². The quantitative estimate of drug-likeness (QED) is 0.896. The van der Waals surface area contributed by atoms with Crippen molar-refractivity contribution in [3.05, 3.63) is 29.3 Å². The molecule has 5 nitrogen and oxygen atoms in total. The highest BCUT2D eigenvalue weighted by Crippen LogP contribution is 2.22. The minimum absolute atomic E-state index is 0.0136. The standard InChI is InChI=1S/C19H27N3O2/c1-13-7-10-22(11-8-13)19(24)15-5-6-16(14(2)12-15)21-18(23)17-4-3-9-20-17/h5-6,12-13,17,20H,3-4,7-11H2,1-2H3,(H,21,23). The van der Waals surface area contributed by atoms with E-state index in [2.05, 4.69) is 17.6 Å². The summed E-state index contributed by atoms with van der Waals surface area (Å²) in [5, 5.41) is 6.18. The van der Waals surface area contributed by atoms with E-state index in [0.717, 1.165) is 56.6 Å². The van der Waals surface area contributed by atoms with E-state index in [1.165, 1.54) is 0 Å². The Bertz CT molecular complexity index is 615. The molecular formula is C19H27N3O2. The van der Waals surface area contributed by atoms with E-state index in [-0.39, 0.29) is 17.9 Å². The molecule has 130 valence electrons. The van der Waals surface area contributed by atoms with Crippen molar-refractivity contribution in [3.63, 3.8) is 0 Å². The summed E-state index contributed by atoms with van der Waals surface area (Å²) >= 11 is 0. The Morgan fingerprint density at radius 3 is 2.58 bits per heavy atom. The Labute approximate surface area is 143 Å². The fraction of sp³-hybridized carbons (Fsp3) is 0.579. The lowest BCUT2D eigenvalue weighted by Crippen LogP contribution is -2.38. The molecule has 0 spiro atoms. The molecule has 0 aromatic heterocycles. The maximum Gasteiger partial charge on any atom is 0.253 e. The van der Waals surface area contributed by atoms with E-state index in [0.29, 0.717) is 11.5 Å². The summed E-state index contributed by atoms with van der Waals surface area (Å²) in [5.74, 6) is 0.817. The number of rotatable bonds is 3. The van der Waals surface area contributed by atoms with E-state index in [1.807, 2.05) is 30.0 Å². The number of likely N-dealkylation sites (tertiary alicyclic amines) is 1. The number of hydrogen-bond acceptors (Lipinski definition) is 3. The zero-order valence-corrected chi connectivity index (χ0v) is 14.6. The third kappa shape index (κ3) is 3.78. The lowest BCUT2D eigenvalue weighted by molar-refractivity contribution is -0.117. The van der Waals surface area contributed by atoms with Crippen LogP contribution in [-0.4, -0.2) is 42.4 Å². The number of carbonyl (C=O) groups excluding carboxylic acids is 2. The highest BCUT2D eigenvalue weighted by atomic mass is 16.2. The third-order valence-electron chi connectivity index (χ3n) is 5.18. The molecule has 0 radical (unpaired) electrons. The molecule has 1 aromatic carbocycles. The van der Waals surface area contributed by atoms with Crippen LogP contribution in [0.1, 0.15) is 48.5 Å². The van der Waals surface area contributed by atoms with Crippen molar-refractivity contribution in [1.29, 1.82) is 0 Å². The first-order valence-corrected chi connectivity index (χ1v) is 8.99. The van der Waals surface area contributed by atoms with Crippen molar-refractivity contribution in [1.82, 2.24) is 10.2 Å². The summed E-state index contributed by atoms with van der Waals surface area (Å²) in [5.41, 5.74) is 2.43. The molecule has 5 heteroatoms. The molecule has 24 heavy (non-hydrogen) atoms. The van der Waals surface area contributed by atoms with Gasteiger partial charge in [0.05, 0.1) is 6.04 Å². The predicted molar refractivity (Wildman–Crippen MR) is 95.1 cm³/mol. The summed E-state index contributed by atoms with van der Waals surface area (Å²) in [4.78, 5) is 26.8. The van der Waals surface area contributed by atoms with Gasteiger partial charge in [0.25, 0.3) is 5.91 Å². The molecule has 2 amide bonds. The molecule has 2 aliphatic rings. The zero-order valence-electron chi connectivity index (χ0n) is 14.6. The number of hydrogen-bond donors (Lipinski definition) is 2. The topological polar surface area (TPSA) is 61.4 Å². The lowest BCUT2D eigenvalue weighted by atomic mass is 9.98. The second-order valence-corrected chi connectivity index (χ2v) is 7.14. The van der Waals surface area contributed by atoms with Gasteiger partial charge in [0.1, 0.15) is 0 Å². The first-order valence-electron chi connectivity index (χ1n) is 8.99. The van der Waals surface area contributed by atoms with Crippen LogP contribution in [0.25, 0.3) is 0 Å². The van der Waals surface area contributed by atoms with Crippen LogP contribution < -0.4 is 10.6 Å². The summed E-state index contributed by atoms with van der Waals surface area (Å²) < 4.78 is 0. The minimum atomic E-state index is -0.0963. The fourth-order valence-corrected chi connectivity index (χ4v) is 3.46. The average molecular weight is 329 g/mol. The molecular weight excluding hydrogens is 302 g/mol. The molecule has 2 aliphatic heterocycles.